The van der Waals surface area contributed by atoms with Crippen molar-refractivity contribution in [2.24, 2.45) is 0 Å². The van der Waals surface area contributed by atoms with Crippen molar-refractivity contribution < 1.29 is 14.3 Å². The minimum atomic E-state index is -1.42. The fourth-order valence-corrected chi connectivity index (χ4v) is 1.65. The number of nitrogens with zero attached hydrogens (tertiary/aromatic N) is 1. The Morgan fingerprint density at radius 2 is 2.12 bits per heavy atom. The summed E-state index contributed by atoms with van der Waals surface area (Å²) in [5.74, 6) is 3.28. The van der Waals surface area contributed by atoms with Gasteiger partial charge in [0.1, 0.15) is 11.4 Å². The molecule has 1 aromatic carbocycles. The molecule has 0 aliphatic rings. The number of benzene rings is 1. The fraction of sp³-hybridized carbons (Fsp3) is 0. The Kier molecular flexibility index (Phi) is 2.51. The van der Waals surface area contributed by atoms with E-state index in [-0.39, 0.29) is 15.9 Å². The van der Waals surface area contributed by atoms with Gasteiger partial charge >= 0.3 is 5.97 Å². The van der Waals surface area contributed by atoms with Gasteiger partial charge in [0, 0.05) is 6.20 Å². The summed E-state index contributed by atoms with van der Waals surface area (Å²) in [6.45, 7) is 0. The van der Waals surface area contributed by atoms with Crippen molar-refractivity contribution in [3.05, 3.63) is 45.0 Å². The Labute approximate surface area is 98.8 Å². The number of carboxylic acid groups (broad SMARTS) is 1. The van der Waals surface area contributed by atoms with Crippen LogP contribution >= 0.6 is 11.6 Å². The molecule has 88 valence electrons. The number of nitrogen functional groups attached to an aromatic ring is 1. The summed E-state index contributed by atoms with van der Waals surface area (Å²) in [4.78, 5) is 22.5. The number of hydrogen-bond donors (Lipinski definition) is 2. The zero-order valence-electron chi connectivity index (χ0n) is 8.28. The van der Waals surface area contributed by atoms with Crippen LogP contribution in [0.3, 0.4) is 0 Å². The van der Waals surface area contributed by atoms with Crippen LogP contribution in [0.4, 0.5) is 4.39 Å². The third-order valence-corrected chi connectivity index (χ3v) is 2.59. The number of rotatable bonds is 1. The Balaban J connectivity index is 2.99. The number of carbonyl (C=O) groups is 1. The van der Waals surface area contributed by atoms with E-state index < -0.39 is 22.8 Å². The number of fused-ring (bicyclic) bond motifs is 1. The molecule has 5 nitrogen and oxygen atoms in total. The molecule has 0 aliphatic heterocycles. The van der Waals surface area contributed by atoms with E-state index in [0.29, 0.717) is 0 Å². The van der Waals surface area contributed by atoms with Crippen LogP contribution in [0.15, 0.2) is 23.1 Å². The standard InChI is InChI=1S/C10H6ClFN2O3/c11-6-2-8-4(1-7(6)12)9(15)5(10(16)17)3-14(8)13/h1-3H,13H2,(H,16,17). The topological polar surface area (TPSA) is 85.3 Å². The van der Waals surface area contributed by atoms with Gasteiger partial charge in [-0.15, -0.1) is 0 Å². The smallest absolute Gasteiger partial charge is 0.341 e. The predicted octanol–water partition coefficient (Wildman–Crippen LogP) is 1.21. The third kappa shape index (κ3) is 1.72. The van der Waals surface area contributed by atoms with Crippen LogP contribution in [0.25, 0.3) is 10.9 Å². The first-order valence-electron chi connectivity index (χ1n) is 4.44. The Morgan fingerprint density at radius 1 is 1.47 bits per heavy atom. The van der Waals surface area contributed by atoms with Crippen molar-refractivity contribution in [1.82, 2.24) is 4.68 Å². The number of pyridine rings is 1. The van der Waals surface area contributed by atoms with Crippen LogP contribution in [0, 0.1) is 5.82 Å². The van der Waals surface area contributed by atoms with Gasteiger partial charge in [-0.05, 0) is 12.1 Å². The summed E-state index contributed by atoms with van der Waals surface area (Å²) in [7, 11) is 0. The van der Waals surface area contributed by atoms with Crippen molar-refractivity contribution in [2.75, 3.05) is 5.84 Å². The molecule has 0 saturated carbocycles. The summed E-state index contributed by atoms with van der Waals surface area (Å²) < 4.78 is 14.1. The molecule has 3 N–H and O–H groups in total. The monoisotopic (exact) mass is 256 g/mol. The Hall–Kier alpha value is -2.08. The molecule has 0 bridgehead atoms. The molecule has 7 heteroatoms. The fourth-order valence-electron chi connectivity index (χ4n) is 1.50. The summed E-state index contributed by atoms with van der Waals surface area (Å²) in [5, 5.41) is 8.46. The lowest BCUT2D eigenvalue weighted by atomic mass is 10.1. The van der Waals surface area contributed by atoms with E-state index in [0.717, 1.165) is 16.9 Å². The lowest BCUT2D eigenvalue weighted by Crippen LogP contribution is -2.22. The molecule has 0 radical (unpaired) electrons. The molecule has 0 aliphatic carbocycles. The molecule has 2 rings (SSSR count). The molecule has 0 unspecified atom stereocenters. The Morgan fingerprint density at radius 3 is 2.71 bits per heavy atom. The van der Waals surface area contributed by atoms with E-state index >= 15 is 0 Å². The van der Waals surface area contributed by atoms with Gasteiger partial charge in [0.25, 0.3) is 0 Å². The number of halogens is 2. The normalized spacial score (nSPS) is 10.7. The van der Waals surface area contributed by atoms with Crippen LogP contribution in [-0.4, -0.2) is 15.8 Å². The SMILES string of the molecule is Nn1cc(C(=O)O)c(=O)c2cc(F)c(Cl)cc21. The van der Waals surface area contributed by atoms with Crippen LogP contribution in [-0.2, 0) is 0 Å². The highest BCUT2D eigenvalue weighted by molar-refractivity contribution is 6.31. The summed E-state index contributed by atoms with van der Waals surface area (Å²) in [5.41, 5.74) is -1.17. The first-order chi connectivity index (χ1) is 7.91. The van der Waals surface area contributed by atoms with E-state index in [1.807, 2.05) is 0 Å². The molecular formula is C10H6ClFN2O3. The second-order valence-electron chi connectivity index (χ2n) is 3.37. The van der Waals surface area contributed by atoms with E-state index in [9.17, 15) is 14.0 Å². The maximum Gasteiger partial charge on any atom is 0.341 e. The van der Waals surface area contributed by atoms with Gasteiger partial charge in [-0.2, -0.15) is 0 Å². The highest BCUT2D eigenvalue weighted by atomic mass is 35.5. The minimum Gasteiger partial charge on any atom is -0.477 e. The first kappa shape index (κ1) is 11.4. The van der Waals surface area contributed by atoms with Crippen molar-refractivity contribution in [2.45, 2.75) is 0 Å². The van der Waals surface area contributed by atoms with Gasteiger partial charge in [-0.25, -0.2) is 9.18 Å². The van der Waals surface area contributed by atoms with Gasteiger partial charge in [-0.1, -0.05) is 11.6 Å². The highest BCUT2D eigenvalue weighted by Crippen LogP contribution is 2.20. The zero-order valence-corrected chi connectivity index (χ0v) is 9.03. The molecule has 1 heterocycles. The van der Waals surface area contributed by atoms with Crippen LogP contribution in [0.1, 0.15) is 10.4 Å². The summed E-state index contributed by atoms with van der Waals surface area (Å²) in [6.07, 6.45) is 0.960. The zero-order chi connectivity index (χ0) is 12.7. The van der Waals surface area contributed by atoms with Crippen molar-refractivity contribution >= 4 is 28.5 Å². The molecule has 0 atom stereocenters. The van der Waals surface area contributed by atoms with Crippen LogP contribution in [0.2, 0.25) is 5.02 Å². The van der Waals surface area contributed by atoms with Gasteiger partial charge in [0.15, 0.2) is 0 Å². The van der Waals surface area contributed by atoms with Gasteiger partial charge in [0.05, 0.1) is 15.9 Å². The van der Waals surface area contributed by atoms with Gasteiger partial charge < -0.3 is 10.9 Å². The summed E-state index contributed by atoms with van der Waals surface area (Å²) >= 11 is 5.55. The molecule has 2 aromatic rings. The molecule has 1 aromatic heterocycles. The molecule has 0 spiro atoms. The number of aromatic nitrogens is 1. The minimum absolute atomic E-state index is 0.130. The largest absolute Gasteiger partial charge is 0.477 e. The maximum atomic E-state index is 13.2. The lowest BCUT2D eigenvalue weighted by Gasteiger charge is -2.07. The third-order valence-electron chi connectivity index (χ3n) is 2.30. The molecule has 0 saturated heterocycles. The number of nitrogens with two attached hydrogens (primary N) is 1. The second kappa shape index (κ2) is 3.74. The Bertz CT molecular complexity index is 696. The van der Waals surface area contributed by atoms with Crippen molar-refractivity contribution in [3.63, 3.8) is 0 Å². The van der Waals surface area contributed by atoms with E-state index in [4.69, 9.17) is 22.6 Å². The van der Waals surface area contributed by atoms with Crippen molar-refractivity contribution in [1.29, 1.82) is 0 Å². The van der Waals surface area contributed by atoms with Gasteiger partial charge in [0.2, 0.25) is 5.43 Å². The molecule has 17 heavy (non-hydrogen) atoms. The van der Waals surface area contributed by atoms with E-state index in [1.165, 1.54) is 6.07 Å². The van der Waals surface area contributed by atoms with E-state index in [2.05, 4.69) is 0 Å². The van der Waals surface area contributed by atoms with E-state index in [1.54, 1.807) is 0 Å². The van der Waals surface area contributed by atoms with Gasteiger partial charge in [-0.3, -0.25) is 9.47 Å². The predicted molar refractivity (Wildman–Crippen MR) is 60.3 cm³/mol. The number of aromatic carboxylic acids is 1. The molecule has 0 fully saturated rings. The maximum absolute atomic E-state index is 13.2. The number of hydrogen-bond acceptors (Lipinski definition) is 3. The highest BCUT2D eigenvalue weighted by Gasteiger charge is 2.15. The average Bonchev–Trinajstić information content (AvgIpc) is 2.25. The quantitative estimate of drug-likeness (QED) is 0.751. The lowest BCUT2D eigenvalue weighted by molar-refractivity contribution is 0.0695. The molecular weight excluding hydrogens is 251 g/mol. The molecule has 0 amide bonds. The summed E-state index contributed by atoms with van der Waals surface area (Å²) in [6, 6.07) is 2.04. The average molecular weight is 257 g/mol. The van der Waals surface area contributed by atoms with Crippen LogP contribution < -0.4 is 11.3 Å². The number of carboxylic acids is 1. The van der Waals surface area contributed by atoms with Crippen molar-refractivity contribution in [3.8, 4) is 0 Å². The van der Waals surface area contributed by atoms with Crippen LogP contribution in [0.5, 0.6) is 0 Å². The first-order valence-corrected chi connectivity index (χ1v) is 4.82. The second-order valence-corrected chi connectivity index (χ2v) is 3.77.